The quantitative estimate of drug-likeness (QED) is 0.307. The number of phosphoric acid groups is 2. The minimum atomic E-state index is -5.39. The summed E-state index contributed by atoms with van der Waals surface area (Å²) >= 11 is 0. The normalized spacial score (nSPS) is 9.83. The predicted octanol–water partition coefficient (Wildman–Crippen LogP) is -5.65. The van der Waals surface area contributed by atoms with Crippen LogP contribution in [0.15, 0.2) is 0 Å². The van der Waals surface area contributed by atoms with Gasteiger partial charge in [0.25, 0.3) is 0 Å². The van der Waals surface area contributed by atoms with Crippen molar-refractivity contribution in [2.75, 3.05) is 0 Å². The summed E-state index contributed by atoms with van der Waals surface area (Å²) in [4.78, 5) is 51.3. The average molecular weight is 349 g/mol. The van der Waals surface area contributed by atoms with Crippen molar-refractivity contribution in [3.05, 3.63) is 0 Å². The molecular formula is CuMoO8P2. The predicted molar refractivity (Wildman–Crippen MR) is 15.2 cm³/mol. The van der Waals surface area contributed by atoms with Gasteiger partial charge in [-0.2, -0.15) is 15.6 Å². The zero-order chi connectivity index (χ0) is 9.00. The van der Waals surface area contributed by atoms with E-state index in [1.165, 1.54) is 0 Å². The minimum Gasteiger partial charge on any atom is -0.822 e. The first-order valence-electron chi connectivity index (χ1n) is 1.46. The van der Waals surface area contributed by atoms with E-state index in [2.05, 4.69) is 0 Å². The van der Waals surface area contributed by atoms with Crippen LogP contribution in [-0.2, 0) is 47.3 Å². The van der Waals surface area contributed by atoms with E-state index in [1.807, 2.05) is 0 Å². The first kappa shape index (κ1) is 23.3. The van der Waals surface area contributed by atoms with Gasteiger partial charge in [-0.1, -0.05) is 0 Å². The Morgan fingerprint density at radius 1 is 0.667 bits per heavy atom. The summed E-state index contributed by atoms with van der Waals surface area (Å²) in [6, 6.07) is 0. The van der Waals surface area contributed by atoms with Crippen molar-refractivity contribution >= 4 is 15.6 Å². The maximum Gasteiger partial charge on any atom is 4.00 e. The Balaban J connectivity index is -0.0000000457. The van der Waals surface area contributed by atoms with Gasteiger partial charge in [0.15, 0.2) is 0 Å². The Morgan fingerprint density at radius 3 is 0.667 bits per heavy atom. The number of hydrogen-bond donors (Lipinski definition) is 0. The van der Waals surface area contributed by atoms with Gasteiger partial charge in [-0.15, -0.1) is 0 Å². The molecule has 0 aromatic carbocycles. The summed E-state index contributed by atoms with van der Waals surface area (Å²) in [6.07, 6.45) is 0. The van der Waals surface area contributed by atoms with Crippen LogP contribution in [0.5, 0.6) is 0 Å². The SMILES string of the molecule is O=P([O-])([O-])[O-].O=P([O-])([O-])[O-].[Cu+2].[Mo+4]. The molecule has 0 unspecified atom stereocenters. The van der Waals surface area contributed by atoms with Crippen LogP contribution in [-0.4, -0.2) is 0 Å². The zero-order valence-electron chi connectivity index (χ0n) is 4.87. The van der Waals surface area contributed by atoms with E-state index in [4.69, 9.17) is 38.5 Å². The monoisotopic (exact) mass is 351 g/mol. The molecule has 0 amide bonds. The van der Waals surface area contributed by atoms with Crippen molar-refractivity contribution in [3.63, 3.8) is 0 Å². The molecule has 0 heterocycles. The van der Waals surface area contributed by atoms with Crippen LogP contribution in [0, 0.1) is 0 Å². The standard InChI is InChI=1S/Cu.Mo.2H3O4P/c;;2*1-5(2,3)4/h;;2*(H3,1,2,3,4)/q+2;+4;;/p-6. The second-order valence-corrected chi connectivity index (χ2v) is 2.68. The van der Waals surface area contributed by atoms with Gasteiger partial charge < -0.3 is 38.5 Å². The van der Waals surface area contributed by atoms with Gasteiger partial charge in [0.1, 0.15) is 0 Å². The molecule has 12 heavy (non-hydrogen) atoms. The van der Waals surface area contributed by atoms with E-state index < -0.39 is 15.6 Å². The molecule has 75 valence electrons. The molecule has 0 spiro atoms. The van der Waals surface area contributed by atoms with Crippen LogP contribution in [0.1, 0.15) is 0 Å². The Kier molecular flexibility index (Phi) is 17.5. The molecule has 12 heteroatoms. The van der Waals surface area contributed by atoms with Gasteiger partial charge in [-0.05, 0) is 0 Å². The molecule has 0 saturated carbocycles. The second kappa shape index (κ2) is 9.00. The summed E-state index contributed by atoms with van der Waals surface area (Å²) in [7, 11) is -10.8. The Bertz CT molecular complexity index is 129. The molecule has 0 aliphatic rings. The Labute approximate surface area is 92.2 Å². The number of hydrogen-bond acceptors (Lipinski definition) is 8. The van der Waals surface area contributed by atoms with E-state index in [-0.39, 0.29) is 38.1 Å². The summed E-state index contributed by atoms with van der Waals surface area (Å²) in [5.41, 5.74) is 0. The third-order valence-corrected chi connectivity index (χ3v) is 0. The summed E-state index contributed by atoms with van der Waals surface area (Å²) in [6.45, 7) is 0. The van der Waals surface area contributed by atoms with Crippen LogP contribution in [0.3, 0.4) is 0 Å². The summed E-state index contributed by atoms with van der Waals surface area (Å²) < 4.78 is 17.1. The van der Waals surface area contributed by atoms with Gasteiger partial charge in [0, 0.05) is 0 Å². The molecule has 8 nitrogen and oxygen atoms in total. The second-order valence-electron chi connectivity index (χ2n) is 0.894. The molecule has 0 aromatic rings. The third kappa shape index (κ3) is 610. The average Bonchev–Trinajstić information content (AvgIpc) is 1.12. The van der Waals surface area contributed by atoms with Gasteiger partial charge >= 0.3 is 38.1 Å². The van der Waals surface area contributed by atoms with Gasteiger partial charge in [-0.25, -0.2) is 0 Å². The fourth-order valence-electron chi connectivity index (χ4n) is 0. The molecule has 0 aliphatic heterocycles. The van der Waals surface area contributed by atoms with Crippen molar-refractivity contribution in [2.45, 2.75) is 0 Å². The Morgan fingerprint density at radius 2 is 0.667 bits per heavy atom. The van der Waals surface area contributed by atoms with E-state index in [9.17, 15) is 0 Å². The molecular weight excluding hydrogens is 349 g/mol. The van der Waals surface area contributed by atoms with Gasteiger partial charge in [-0.3, -0.25) is 0 Å². The molecule has 0 saturated heterocycles. The largest absolute Gasteiger partial charge is 4.00 e. The van der Waals surface area contributed by atoms with Crippen molar-refractivity contribution < 1.29 is 76.6 Å². The van der Waals surface area contributed by atoms with Crippen molar-refractivity contribution in [1.29, 1.82) is 0 Å². The van der Waals surface area contributed by atoms with Crippen molar-refractivity contribution in [3.8, 4) is 0 Å². The molecule has 0 rings (SSSR count). The molecule has 0 bridgehead atoms. The van der Waals surface area contributed by atoms with Crippen LogP contribution < -0.4 is 29.4 Å². The maximum atomic E-state index is 8.55. The van der Waals surface area contributed by atoms with Gasteiger partial charge in [0.2, 0.25) is 0 Å². The van der Waals surface area contributed by atoms with E-state index in [1.54, 1.807) is 0 Å². The molecule has 0 fully saturated rings. The topological polar surface area (TPSA) is 172 Å². The Hall–Kier alpha value is 1.43. The van der Waals surface area contributed by atoms with Gasteiger partial charge in [0.05, 0.1) is 0 Å². The van der Waals surface area contributed by atoms with Crippen molar-refractivity contribution in [2.24, 2.45) is 0 Å². The number of rotatable bonds is 0. The molecule has 0 atom stereocenters. The first-order valence-corrected chi connectivity index (χ1v) is 4.38. The smallest absolute Gasteiger partial charge is 0.822 e. The maximum absolute atomic E-state index is 8.55. The summed E-state index contributed by atoms with van der Waals surface area (Å²) in [5, 5.41) is 0. The van der Waals surface area contributed by atoms with Crippen LogP contribution in [0.4, 0.5) is 0 Å². The molecule has 0 N–H and O–H groups in total. The fourth-order valence-corrected chi connectivity index (χ4v) is 0. The van der Waals surface area contributed by atoms with Crippen LogP contribution in [0.2, 0.25) is 0 Å². The molecule has 1 radical (unpaired) electrons. The minimum absolute atomic E-state index is 0. The molecule has 0 aliphatic carbocycles. The van der Waals surface area contributed by atoms with E-state index in [0.29, 0.717) is 0 Å². The third-order valence-electron chi connectivity index (χ3n) is 0. The van der Waals surface area contributed by atoms with E-state index >= 15 is 0 Å². The van der Waals surface area contributed by atoms with Crippen LogP contribution in [0.25, 0.3) is 0 Å². The van der Waals surface area contributed by atoms with Crippen molar-refractivity contribution in [1.82, 2.24) is 0 Å². The van der Waals surface area contributed by atoms with E-state index in [0.717, 1.165) is 0 Å². The fraction of sp³-hybridized carbons (Fsp3) is 0. The first-order chi connectivity index (χ1) is 4.00. The van der Waals surface area contributed by atoms with Crippen LogP contribution >= 0.6 is 15.6 Å². The molecule has 0 aromatic heterocycles. The zero-order valence-corrected chi connectivity index (χ0v) is 9.61. The summed E-state index contributed by atoms with van der Waals surface area (Å²) in [5.74, 6) is 0.